The molecule has 0 saturated heterocycles. The van der Waals surface area contributed by atoms with Gasteiger partial charge in [0.1, 0.15) is 68.7 Å². The molecule has 12 nitrogen and oxygen atoms in total. The van der Waals surface area contributed by atoms with E-state index in [0.717, 1.165) is 94.8 Å². The molecule has 4 heterocycles. The maximum Gasteiger partial charge on any atom is 0.437 e. The Bertz CT molecular complexity index is 4320. The molecule has 0 saturated carbocycles. The van der Waals surface area contributed by atoms with Crippen LogP contribution in [0.3, 0.4) is 0 Å². The van der Waals surface area contributed by atoms with Gasteiger partial charge >= 0.3 is 7.05 Å². The van der Waals surface area contributed by atoms with Crippen LogP contribution in [0.1, 0.15) is 288 Å². The molecule has 0 fully saturated rings. The summed E-state index contributed by atoms with van der Waals surface area (Å²) in [6.45, 7) is 8.59. The molecular formula is C90H125BN6O6S. The van der Waals surface area contributed by atoms with Crippen molar-refractivity contribution in [3.63, 3.8) is 0 Å². The summed E-state index contributed by atoms with van der Waals surface area (Å²) in [7, 11) is -3.07. The molecule has 2 N–H and O–H groups in total. The maximum atomic E-state index is 13.3. The zero-order valence-corrected chi connectivity index (χ0v) is 65.4. The van der Waals surface area contributed by atoms with E-state index in [9.17, 15) is 8.42 Å². The number of rotatable bonds is 51. The molecule has 0 unspecified atom stereocenters. The van der Waals surface area contributed by atoms with Crippen molar-refractivity contribution in [2.45, 2.75) is 297 Å². The standard InChI is InChI=1S/C90H125BN6O6S/c1-7-10-13-16-19-22-25-28-31-34-37-40-43-49-70-52-46-55-73(64-70)100-76-58-61-79-82(67-76)86-92-85(79)94-90-84-69-78(102-75-57-48-54-72(66-75)51-45-42-39-36-33-30-27-24-21-18-15-12-9-3)60-63-81(84)89(97(90)91(4)103-104(6,98)99)95-88-83-68-77(59-62-80(83)87(93-86)96(88)5)101-74-56-47-53-71(65-74)50-44-41-38-35-32-29-26-23-20-17-14-11-8-2/h46-48,52-69,92-93H,7-45,49-51H2,1-6H3. The van der Waals surface area contributed by atoms with Crippen LogP contribution < -0.4 is 30.5 Å². The molecule has 1 aliphatic rings. The van der Waals surface area contributed by atoms with Crippen LogP contribution in [0.25, 0.3) is 32.3 Å². The lowest BCUT2D eigenvalue weighted by Gasteiger charge is -2.11. The van der Waals surface area contributed by atoms with E-state index in [1.54, 1.807) is 11.3 Å². The normalized spacial score (nSPS) is 12.2. The van der Waals surface area contributed by atoms with E-state index >= 15 is 0 Å². The van der Waals surface area contributed by atoms with Crippen molar-refractivity contribution in [1.82, 2.24) is 14.0 Å². The number of hydrogen-bond acceptors (Lipinski definition) is 9. The summed E-state index contributed by atoms with van der Waals surface area (Å²) in [6.07, 6.45) is 56.0. The first-order valence-corrected chi connectivity index (χ1v) is 43.1. The van der Waals surface area contributed by atoms with E-state index in [1.165, 1.54) is 248 Å². The number of benzene rings is 6. The van der Waals surface area contributed by atoms with Gasteiger partial charge in [-0.1, -0.05) is 288 Å². The third kappa shape index (κ3) is 24.6. The molecule has 0 aliphatic carbocycles. The average Bonchev–Trinajstić information content (AvgIpc) is 1.57. The van der Waals surface area contributed by atoms with E-state index in [-0.39, 0.29) is 0 Å². The first-order valence-electron chi connectivity index (χ1n) is 41.3. The predicted octanol–water partition coefficient (Wildman–Crippen LogP) is 26.8. The zero-order chi connectivity index (χ0) is 72.6. The van der Waals surface area contributed by atoms with Gasteiger partial charge in [0.15, 0.2) is 0 Å². The quantitative estimate of drug-likeness (QED) is 0.0286. The number of anilines is 2. The molecule has 6 aromatic carbocycles. The number of nitrogens with zero attached hydrogens (tertiary/aromatic N) is 4. The Morgan fingerprint density at radius 1 is 0.375 bits per heavy atom. The van der Waals surface area contributed by atoms with Crippen LogP contribution in [0.5, 0.6) is 34.5 Å². The molecule has 104 heavy (non-hydrogen) atoms. The number of H-pyrrole nitrogens is 1. The van der Waals surface area contributed by atoms with Gasteiger partial charge in [-0.05, 0) is 153 Å². The maximum absolute atomic E-state index is 13.3. The SMILES string of the molecule is CCCCCCCCCCCCCCCc1cccc(Oc2ccc3c4[nH]c(c3c2)Nc2c3ccc(Oc5cccc(CCCCCCCCCCCCCCC)c5)cc3c(n2C)N=c2c3ccc(Oc5cccc(CCCCCCCCCCCCCCC)c5)cc3c(n2B(C)OS(C)(=O)=O)=N4)c1. The monoisotopic (exact) mass is 1430 g/mol. The van der Waals surface area contributed by atoms with Crippen molar-refractivity contribution in [3.05, 3.63) is 155 Å². The van der Waals surface area contributed by atoms with E-state index in [4.69, 9.17) is 28.3 Å². The Morgan fingerprint density at radius 3 is 1.11 bits per heavy atom. The topological polar surface area (TPSA) is 133 Å². The number of aromatic amines is 1. The zero-order valence-electron chi connectivity index (χ0n) is 64.5. The van der Waals surface area contributed by atoms with Gasteiger partial charge < -0.3 is 37.7 Å². The third-order valence-electron chi connectivity index (χ3n) is 21.3. The van der Waals surface area contributed by atoms with Gasteiger partial charge in [-0.15, -0.1) is 0 Å². The summed E-state index contributed by atoms with van der Waals surface area (Å²) in [5.74, 6) is 6.89. The van der Waals surface area contributed by atoms with Crippen LogP contribution in [0.2, 0.25) is 6.82 Å². The fraction of sp³-hybridized carbons (Fsp3) is 0.533. The third-order valence-corrected chi connectivity index (χ3v) is 21.9. The van der Waals surface area contributed by atoms with Crippen molar-refractivity contribution in [2.24, 2.45) is 17.0 Å². The van der Waals surface area contributed by atoms with Crippen LogP contribution in [0.4, 0.5) is 23.3 Å². The lowest BCUT2D eigenvalue weighted by molar-refractivity contribution is 0.482. The number of fused-ring (bicyclic) bond motifs is 15. The Hall–Kier alpha value is -7.29. The molecule has 6 bridgehead atoms. The largest absolute Gasteiger partial charge is 0.457 e. The molecule has 10 rings (SSSR count). The van der Waals surface area contributed by atoms with E-state index in [1.807, 2.05) is 61.6 Å². The van der Waals surface area contributed by atoms with Crippen molar-refractivity contribution >= 4 is 72.8 Å². The van der Waals surface area contributed by atoms with Crippen molar-refractivity contribution in [3.8, 4) is 34.5 Å². The molecule has 9 aromatic rings. The molecule has 560 valence electrons. The minimum absolute atomic E-state index is 0.439. The summed E-state index contributed by atoms with van der Waals surface area (Å²) in [4.78, 5) is 14.9. The number of unbranched alkanes of at least 4 members (excludes halogenated alkanes) is 36. The van der Waals surface area contributed by atoms with E-state index < -0.39 is 17.2 Å². The Labute approximate surface area is 625 Å². The molecule has 0 amide bonds. The molecule has 0 atom stereocenters. The lowest BCUT2D eigenvalue weighted by Crippen LogP contribution is -2.42. The molecular weight excluding hydrogens is 1300 g/mol. The smallest absolute Gasteiger partial charge is 0.437 e. The number of nitrogens with one attached hydrogen (secondary N) is 2. The highest BCUT2D eigenvalue weighted by molar-refractivity contribution is 7.86. The van der Waals surface area contributed by atoms with Crippen LogP contribution in [0, 0.1) is 0 Å². The molecule has 0 spiro atoms. The van der Waals surface area contributed by atoms with Gasteiger partial charge in [0.2, 0.25) is 0 Å². The summed E-state index contributed by atoms with van der Waals surface area (Å²) < 4.78 is 56.9. The van der Waals surface area contributed by atoms with Crippen LogP contribution in [0.15, 0.2) is 137 Å². The first-order chi connectivity index (χ1) is 50.9. The minimum Gasteiger partial charge on any atom is -0.457 e. The van der Waals surface area contributed by atoms with Gasteiger partial charge in [0, 0.05) is 39.4 Å². The Balaban J connectivity index is 0.925. The predicted molar refractivity (Wildman–Crippen MR) is 439 cm³/mol. The van der Waals surface area contributed by atoms with Crippen molar-refractivity contribution < 1.29 is 26.7 Å². The lowest BCUT2D eigenvalue weighted by atomic mass is 9.88. The van der Waals surface area contributed by atoms with Gasteiger partial charge in [-0.2, -0.15) is 0 Å². The fourth-order valence-corrected chi connectivity index (χ4v) is 16.0. The number of ether oxygens (including phenoxy) is 3. The second kappa shape index (κ2) is 42.8. The second-order valence-corrected chi connectivity index (χ2v) is 31.8. The highest BCUT2D eigenvalue weighted by atomic mass is 32.2. The van der Waals surface area contributed by atoms with Gasteiger partial charge in [0.05, 0.1) is 6.26 Å². The van der Waals surface area contributed by atoms with Crippen molar-refractivity contribution in [2.75, 3.05) is 11.6 Å². The Morgan fingerprint density at radius 2 is 0.712 bits per heavy atom. The van der Waals surface area contributed by atoms with Gasteiger partial charge in [0.25, 0.3) is 10.1 Å². The van der Waals surface area contributed by atoms with Gasteiger partial charge in [-0.3, -0.25) is 0 Å². The molecule has 3 aromatic heterocycles. The number of hydrogen-bond donors (Lipinski definition) is 2. The molecule has 14 heteroatoms. The Kier molecular flexibility index (Phi) is 32.6. The average molecular weight is 1430 g/mol. The summed E-state index contributed by atoms with van der Waals surface area (Å²) >= 11 is 0. The molecule has 0 radical (unpaired) electrons. The molecule has 1 aliphatic heterocycles. The van der Waals surface area contributed by atoms with Crippen LogP contribution in [-0.4, -0.2) is 35.8 Å². The number of aryl methyl sites for hydroxylation is 3. The van der Waals surface area contributed by atoms with E-state index in [0.29, 0.717) is 51.1 Å². The minimum atomic E-state index is -4.00. The first kappa shape index (κ1) is 79.3. The highest BCUT2D eigenvalue weighted by Crippen LogP contribution is 2.44. The summed E-state index contributed by atoms with van der Waals surface area (Å²) in [6, 6.07) is 43.7. The highest BCUT2D eigenvalue weighted by Gasteiger charge is 2.28. The van der Waals surface area contributed by atoms with Gasteiger partial charge in [-0.25, -0.2) is 18.4 Å². The van der Waals surface area contributed by atoms with Crippen LogP contribution >= 0.6 is 0 Å². The summed E-state index contributed by atoms with van der Waals surface area (Å²) in [5, 5.41) is 8.68. The van der Waals surface area contributed by atoms with E-state index in [2.05, 4.69) is 108 Å². The van der Waals surface area contributed by atoms with Crippen LogP contribution in [-0.2, 0) is 40.5 Å². The van der Waals surface area contributed by atoms with Crippen molar-refractivity contribution in [1.29, 1.82) is 0 Å². The fourth-order valence-electron chi connectivity index (χ4n) is 15.4. The number of aromatic nitrogens is 3. The summed E-state index contributed by atoms with van der Waals surface area (Å²) in [5.41, 5.74) is 4.68. The second-order valence-electron chi connectivity index (χ2n) is 30.2.